The maximum atomic E-state index is 12.8. The molecule has 0 bridgehead atoms. The van der Waals surface area contributed by atoms with Crippen molar-refractivity contribution in [2.24, 2.45) is 11.7 Å². The molecule has 9 heteroatoms. The Morgan fingerprint density at radius 2 is 2.00 bits per heavy atom. The monoisotopic (exact) mass is 402 g/mol. The average molecular weight is 402 g/mol. The summed E-state index contributed by atoms with van der Waals surface area (Å²) in [5.41, 5.74) is 5.43. The SMILES string of the molecule is NC(=O)[C@H](C[C@@H]1CCNC1=O)NC(=O)[C@@H]1CCCN1C(=O)COc1ccccc1. The molecule has 2 heterocycles. The Morgan fingerprint density at radius 3 is 2.66 bits per heavy atom. The molecular formula is C20H26N4O5. The van der Waals surface area contributed by atoms with Gasteiger partial charge in [0.25, 0.3) is 5.91 Å². The van der Waals surface area contributed by atoms with Crippen LogP contribution in [-0.2, 0) is 19.2 Å². The summed E-state index contributed by atoms with van der Waals surface area (Å²) in [5, 5.41) is 5.34. The molecule has 4 N–H and O–H groups in total. The molecule has 2 fully saturated rings. The Kier molecular flexibility index (Phi) is 6.69. The van der Waals surface area contributed by atoms with Crippen LogP contribution in [0.15, 0.2) is 30.3 Å². The zero-order valence-electron chi connectivity index (χ0n) is 16.1. The van der Waals surface area contributed by atoms with Gasteiger partial charge in [0.2, 0.25) is 17.7 Å². The minimum atomic E-state index is -0.950. The standard InChI is InChI=1S/C20H26N4O5/c21-18(26)15(11-13-8-9-22-19(13)27)23-20(28)16-7-4-10-24(16)17(25)12-29-14-5-2-1-3-6-14/h1-3,5-6,13,15-16H,4,7-12H2,(H2,21,26)(H,22,27)(H,23,28)/t13-,15-,16-/m0/s1. The van der Waals surface area contributed by atoms with Crippen molar-refractivity contribution in [3.05, 3.63) is 30.3 Å². The van der Waals surface area contributed by atoms with Gasteiger partial charge in [0, 0.05) is 19.0 Å². The molecule has 1 aromatic carbocycles. The van der Waals surface area contributed by atoms with Crippen molar-refractivity contribution in [1.29, 1.82) is 0 Å². The Bertz CT molecular complexity index is 769. The first-order chi connectivity index (χ1) is 14.0. The van der Waals surface area contributed by atoms with Crippen LogP contribution in [0.5, 0.6) is 5.75 Å². The summed E-state index contributed by atoms with van der Waals surface area (Å²) in [6, 6.07) is 7.33. The van der Waals surface area contributed by atoms with E-state index in [1.807, 2.05) is 6.07 Å². The number of para-hydroxylation sites is 1. The van der Waals surface area contributed by atoms with Gasteiger partial charge in [0.15, 0.2) is 6.61 Å². The lowest BCUT2D eigenvalue weighted by atomic mass is 9.97. The minimum Gasteiger partial charge on any atom is -0.484 e. The zero-order valence-corrected chi connectivity index (χ0v) is 16.1. The second-order valence-corrected chi connectivity index (χ2v) is 7.32. The van der Waals surface area contributed by atoms with Crippen LogP contribution in [-0.4, -0.2) is 60.3 Å². The summed E-state index contributed by atoms with van der Waals surface area (Å²) in [6.07, 6.45) is 1.94. The van der Waals surface area contributed by atoms with Crippen molar-refractivity contribution in [3.8, 4) is 5.75 Å². The molecule has 3 atom stereocenters. The molecule has 2 aliphatic rings. The second kappa shape index (κ2) is 9.40. The van der Waals surface area contributed by atoms with E-state index in [0.29, 0.717) is 38.1 Å². The number of primary amides is 1. The topological polar surface area (TPSA) is 131 Å². The Labute approximate surface area is 168 Å². The Morgan fingerprint density at radius 1 is 1.24 bits per heavy atom. The van der Waals surface area contributed by atoms with Crippen LogP contribution in [0.3, 0.4) is 0 Å². The number of carbonyl (C=O) groups is 4. The first-order valence-corrected chi connectivity index (χ1v) is 9.80. The van der Waals surface area contributed by atoms with E-state index in [1.54, 1.807) is 24.3 Å². The van der Waals surface area contributed by atoms with Gasteiger partial charge in [-0.05, 0) is 37.8 Å². The summed E-state index contributed by atoms with van der Waals surface area (Å²) in [7, 11) is 0. The molecule has 2 saturated heterocycles. The largest absolute Gasteiger partial charge is 0.484 e. The number of carbonyl (C=O) groups excluding carboxylic acids is 4. The first-order valence-electron chi connectivity index (χ1n) is 9.80. The number of nitrogens with zero attached hydrogens (tertiary/aromatic N) is 1. The summed E-state index contributed by atoms with van der Waals surface area (Å²) in [4.78, 5) is 50.3. The van der Waals surface area contributed by atoms with E-state index in [9.17, 15) is 19.2 Å². The fraction of sp³-hybridized carbons (Fsp3) is 0.500. The number of amides is 4. The van der Waals surface area contributed by atoms with Crippen LogP contribution in [0.1, 0.15) is 25.7 Å². The first kappa shape index (κ1) is 20.6. The predicted molar refractivity (Wildman–Crippen MR) is 104 cm³/mol. The molecule has 0 aliphatic carbocycles. The van der Waals surface area contributed by atoms with Crippen molar-refractivity contribution in [2.45, 2.75) is 37.8 Å². The van der Waals surface area contributed by atoms with Gasteiger partial charge in [0.05, 0.1) is 0 Å². The number of ether oxygens (including phenoxy) is 1. The molecule has 3 rings (SSSR count). The van der Waals surface area contributed by atoms with Crippen molar-refractivity contribution in [3.63, 3.8) is 0 Å². The molecule has 29 heavy (non-hydrogen) atoms. The number of benzene rings is 1. The van der Waals surface area contributed by atoms with Crippen molar-refractivity contribution in [1.82, 2.24) is 15.5 Å². The van der Waals surface area contributed by atoms with Crippen molar-refractivity contribution in [2.75, 3.05) is 19.7 Å². The van der Waals surface area contributed by atoms with E-state index in [1.165, 1.54) is 4.90 Å². The summed E-state index contributed by atoms with van der Waals surface area (Å²) in [6.45, 7) is 0.825. The van der Waals surface area contributed by atoms with E-state index in [0.717, 1.165) is 0 Å². The highest BCUT2D eigenvalue weighted by Crippen LogP contribution is 2.20. The number of nitrogens with one attached hydrogen (secondary N) is 2. The number of nitrogens with two attached hydrogens (primary N) is 1. The lowest BCUT2D eigenvalue weighted by Gasteiger charge is -2.26. The van der Waals surface area contributed by atoms with Crippen LogP contribution in [0.2, 0.25) is 0 Å². The fourth-order valence-corrected chi connectivity index (χ4v) is 3.75. The van der Waals surface area contributed by atoms with Gasteiger partial charge >= 0.3 is 0 Å². The molecule has 0 unspecified atom stereocenters. The van der Waals surface area contributed by atoms with Gasteiger partial charge in [-0.3, -0.25) is 19.2 Å². The van der Waals surface area contributed by atoms with Crippen LogP contribution in [0, 0.1) is 5.92 Å². The molecule has 156 valence electrons. The van der Waals surface area contributed by atoms with Gasteiger partial charge in [-0.15, -0.1) is 0 Å². The third-order valence-corrected chi connectivity index (χ3v) is 5.32. The molecule has 0 radical (unpaired) electrons. The molecular weight excluding hydrogens is 376 g/mol. The summed E-state index contributed by atoms with van der Waals surface area (Å²) < 4.78 is 5.49. The molecule has 4 amide bonds. The normalized spacial score (nSPS) is 22.1. The van der Waals surface area contributed by atoms with Crippen molar-refractivity contribution < 1.29 is 23.9 Å². The molecule has 0 aromatic heterocycles. The quantitative estimate of drug-likeness (QED) is 0.542. The van der Waals surface area contributed by atoms with Gasteiger partial charge in [0.1, 0.15) is 17.8 Å². The van der Waals surface area contributed by atoms with Gasteiger partial charge in [-0.25, -0.2) is 0 Å². The van der Waals surface area contributed by atoms with Crippen LogP contribution in [0.4, 0.5) is 0 Å². The minimum absolute atomic E-state index is 0.138. The highest BCUT2D eigenvalue weighted by molar-refractivity contribution is 5.92. The summed E-state index contributed by atoms with van der Waals surface area (Å²) in [5.74, 6) is -1.34. The van der Waals surface area contributed by atoms with Gasteiger partial charge < -0.3 is 26.0 Å². The third kappa shape index (κ3) is 5.24. The fourth-order valence-electron chi connectivity index (χ4n) is 3.75. The van der Waals surface area contributed by atoms with E-state index in [4.69, 9.17) is 10.5 Å². The highest BCUT2D eigenvalue weighted by Gasteiger charge is 2.37. The lowest BCUT2D eigenvalue weighted by molar-refractivity contribution is -0.140. The van der Waals surface area contributed by atoms with Crippen molar-refractivity contribution >= 4 is 23.6 Å². The lowest BCUT2D eigenvalue weighted by Crippen LogP contribution is -2.53. The average Bonchev–Trinajstić information content (AvgIpc) is 3.35. The molecule has 9 nitrogen and oxygen atoms in total. The zero-order chi connectivity index (χ0) is 20.8. The van der Waals surface area contributed by atoms with E-state index in [2.05, 4.69) is 10.6 Å². The number of hydrogen-bond donors (Lipinski definition) is 3. The number of hydrogen-bond acceptors (Lipinski definition) is 5. The van der Waals surface area contributed by atoms with E-state index < -0.39 is 23.9 Å². The Balaban J connectivity index is 1.57. The van der Waals surface area contributed by atoms with Crippen LogP contribution < -0.4 is 21.1 Å². The van der Waals surface area contributed by atoms with Gasteiger partial charge in [-0.2, -0.15) is 0 Å². The Hall–Kier alpha value is -3.10. The van der Waals surface area contributed by atoms with E-state index >= 15 is 0 Å². The third-order valence-electron chi connectivity index (χ3n) is 5.32. The number of rotatable bonds is 8. The molecule has 1 aromatic rings. The molecule has 0 spiro atoms. The van der Waals surface area contributed by atoms with Gasteiger partial charge in [-0.1, -0.05) is 18.2 Å². The smallest absolute Gasteiger partial charge is 0.261 e. The number of likely N-dealkylation sites (tertiary alicyclic amines) is 1. The second-order valence-electron chi connectivity index (χ2n) is 7.32. The summed E-state index contributed by atoms with van der Waals surface area (Å²) >= 11 is 0. The molecule has 2 aliphatic heterocycles. The highest BCUT2D eigenvalue weighted by atomic mass is 16.5. The van der Waals surface area contributed by atoms with E-state index in [-0.39, 0.29) is 30.8 Å². The molecule has 0 saturated carbocycles. The predicted octanol–water partition coefficient (Wildman–Crippen LogP) is -0.447. The van der Waals surface area contributed by atoms with Crippen LogP contribution in [0.25, 0.3) is 0 Å². The maximum Gasteiger partial charge on any atom is 0.261 e. The maximum absolute atomic E-state index is 12.8. The van der Waals surface area contributed by atoms with Crippen LogP contribution >= 0.6 is 0 Å².